The van der Waals surface area contributed by atoms with Crippen LogP contribution in [0.25, 0.3) is 0 Å². The molecule has 4 rings (SSSR count). The Morgan fingerprint density at radius 3 is 2.33 bits per heavy atom. The number of nitrogens with one attached hydrogen (secondary N) is 1. The lowest BCUT2D eigenvalue weighted by molar-refractivity contribution is -0.128. The maximum atomic E-state index is 13.4. The average Bonchev–Trinajstić information content (AvgIpc) is 3.46. The molecule has 0 unspecified atom stereocenters. The summed E-state index contributed by atoms with van der Waals surface area (Å²) in [7, 11) is 0. The number of nitrogens with zero attached hydrogens (tertiary/aromatic N) is 2. The minimum absolute atomic E-state index is 0.0398. The van der Waals surface area contributed by atoms with Gasteiger partial charge in [-0.2, -0.15) is 0 Å². The summed E-state index contributed by atoms with van der Waals surface area (Å²) in [4.78, 5) is 32.8. The Hall–Kier alpha value is -2.73. The standard InChI is InChI=1S/C30H41N3O3/c1-21(2)27(20-34)32-29(35)26-12-6-5-11-25(26)23-16-14-22(15-17-23)19-33(28-13-7-8-18-31-28)30(36)24-9-3-4-10-24/h7-8,13-18,21,24-27,34H,3-6,9-12,19-20H2,1-2H3,(H,32,35)/t25-,26+,27+/m1/s1. The van der Waals surface area contributed by atoms with Gasteiger partial charge < -0.3 is 10.4 Å². The van der Waals surface area contributed by atoms with Crippen LogP contribution in [-0.2, 0) is 16.1 Å². The molecule has 2 fully saturated rings. The van der Waals surface area contributed by atoms with Gasteiger partial charge in [0, 0.05) is 18.0 Å². The Balaban J connectivity index is 1.49. The molecule has 6 heteroatoms. The summed E-state index contributed by atoms with van der Waals surface area (Å²) in [6.07, 6.45) is 9.93. The van der Waals surface area contributed by atoms with Gasteiger partial charge in [-0.3, -0.25) is 14.5 Å². The third-order valence-electron chi connectivity index (χ3n) is 8.08. The van der Waals surface area contributed by atoms with Gasteiger partial charge in [0.1, 0.15) is 5.82 Å². The van der Waals surface area contributed by atoms with E-state index in [1.54, 1.807) is 6.20 Å². The molecule has 2 aliphatic rings. The highest BCUT2D eigenvalue weighted by molar-refractivity contribution is 5.94. The van der Waals surface area contributed by atoms with E-state index in [1.165, 1.54) is 5.56 Å². The number of anilines is 1. The van der Waals surface area contributed by atoms with E-state index in [9.17, 15) is 14.7 Å². The highest BCUT2D eigenvalue weighted by Gasteiger charge is 2.33. The van der Waals surface area contributed by atoms with Crippen LogP contribution in [0.3, 0.4) is 0 Å². The highest BCUT2D eigenvalue weighted by atomic mass is 16.3. The maximum Gasteiger partial charge on any atom is 0.231 e. The molecule has 2 saturated carbocycles. The summed E-state index contributed by atoms with van der Waals surface area (Å²) in [5.41, 5.74) is 2.24. The minimum atomic E-state index is -0.211. The molecule has 1 heterocycles. The second-order valence-electron chi connectivity index (χ2n) is 10.9. The molecule has 1 aromatic heterocycles. The quantitative estimate of drug-likeness (QED) is 0.504. The molecule has 0 spiro atoms. The van der Waals surface area contributed by atoms with Crippen molar-refractivity contribution in [2.75, 3.05) is 11.5 Å². The first-order valence-electron chi connectivity index (χ1n) is 13.7. The topological polar surface area (TPSA) is 82.5 Å². The van der Waals surface area contributed by atoms with Gasteiger partial charge in [0.15, 0.2) is 0 Å². The second-order valence-corrected chi connectivity index (χ2v) is 10.9. The van der Waals surface area contributed by atoms with Crippen molar-refractivity contribution in [3.8, 4) is 0 Å². The van der Waals surface area contributed by atoms with Crippen molar-refractivity contribution < 1.29 is 14.7 Å². The summed E-state index contributed by atoms with van der Waals surface area (Å²) in [5.74, 6) is 1.29. The SMILES string of the molecule is CC(C)[C@H](CO)NC(=O)[C@H]1CCCC[C@@H]1c1ccc(CN(C(=O)C2CCCC2)c2ccccn2)cc1. The fraction of sp³-hybridized carbons (Fsp3) is 0.567. The molecule has 0 bridgehead atoms. The molecule has 2 amide bonds. The van der Waals surface area contributed by atoms with Gasteiger partial charge in [0.05, 0.1) is 19.2 Å². The number of carbonyl (C=O) groups excluding carboxylic acids is 2. The van der Waals surface area contributed by atoms with Crippen LogP contribution in [0.4, 0.5) is 5.82 Å². The van der Waals surface area contributed by atoms with E-state index in [1.807, 2.05) is 36.9 Å². The molecule has 2 aromatic rings. The van der Waals surface area contributed by atoms with E-state index >= 15 is 0 Å². The number of benzene rings is 1. The van der Waals surface area contributed by atoms with Crippen molar-refractivity contribution in [2.24, 2.45) is 17.8 Å². The lowest BCUT2D eigenvalue weighted by Crippen LogP contribution is -2.45. The molecular formula is C30H41N3O3. The van der Waals surface area contributed by atoms with Crippen LogP contribution < -0.4 is 10.2 Å². The molecule has 194 valence electrons. The molecule has 0 aliphatic heterocycles. The average molecular weight is 492 g/mol. The molecule has 3 atom stereocenters. The molecule has 1 aromatic carbocycles. The van der Waals surface area contributed by atoms with Crippen LogP contribution in [0, 0.1) is 17.8 Å². The van der Waals surface area contributed by atoms with Crippen LogP contribution in [0.15, 0.2) is 48.7 Å². The number of aromatic nitrogens is 1. The summed E-state index contributed by atoms with van der Waals surface area (Å²) < 4.78 is 0. The zero-order chi connectivity index (χ0) is 25.5. The van der Waals surface area contributed by atoms with E-state index in [0.29, 0.717) is 12.4 Å². The van der Waals surface area contributed by atoms with E-state index < -0.39 is 0 Å². The van der Waals surface area contributed by atoms with Crippen molar-refractivity contribution in [1.82, 2.24) is 10.3 Å². The number of amides is 2. The zero-order valence-corrected chi connectivity index (χ0v) is 21.7. The lowest BCUT2D eigenvalue weighted by Gasteiger charge is -2.33. The third-order valence-corrected chi connectivity index (χ3v) is 8.08. The number of hydrogen-bond donors (Lipinski definition) is 2. The van der Waals surface area contributed by atoms with Crippen LogP contribution in [0.2, 0.25) is 0 Å². The Morgan fingerprint density at radius 1 is 1.00 bits per heavy atom. The van der Waals surface area contributed by atoms with Gasteiger partial charge in [-0.25, -0.2) is 4.98 Å². The Labute approximate surface area is 215 Å². The van der Waals surface area contributed by atoms with Crippen molar-refractivity contribution >= 4 is 17.6 Å². The van der Waals surface area contributed by atoms with Crippen molar-refractivity contribution in [2.45, 2.75) is 83.7 Å². The van der Waals surface area contributed by atoms with E-state index in [2.05, 4.69) is 34.6 Å². The van der Waals surface area contributed by atoms with Gasteiger partial charge in [0.2, 0.25) is 11.8 Å². The smallest absolute Gasteiger partial charge is 0.231 e. The van der Waals surface area contributed by atoms with Crippen molar-refractivity contribution in [1.29, 1.82) is 0 Å². The van der Waals surface area contributed by atoms with Crippen molar-refractivity contribution in [3.05, 3.63) is 59.8 Å². The minimum Gasteiger partial charge on any atom is -0.394 e. The first kappa shape index (κ1) is 26.3. The number of hydrogen-bond acceptors (Lipinski definition) is 4. The zero-order valence-electron chi connectivity index (χ0n) is 21.7. The summed E-state index contributed by atoms with van der Waals surface area (Å²) >= 11 is 0. The van der Waals surface area contributed by atoms with Gasteiger partial charge in [0.25, 0.3) is 0 Å². The fourth-order valence-electron chi connectivity index (χ4n) is 5.79. The number of aliphatic hydroxyl groups is 1. The molecule has 6 nitrogen and oxygen atoms in total. The van der Waals surface area contributed by atoms with E-state index in [4.69, 9.17) is 0 Å². The first-order valence-corrected chi connectivity index (χ1v) is 13.7. The summed E-state index contributed by atoms with van der Waals surface area (Å²) in [6, 6.07) is 14.0. The number of carbonyl (C=O) groups is 2. The Bertz CT molecular complexity index is 986. The van der Waals surface area contributed by atoms with Crippen LogP contribution in [-0.4, -0.2) is 34.6 Å². The highest BCUT2D eigenvalue weighted by Crippen LogP contribution is 2.38. The van der Waals surface area contributed by atoms with Gasteiger partial charge >= 0.3 is 0 Å². The van der Waals surface area contributed by atoms with Crippen molar-refractivity contribution in [3.63, 3.8) is 0 Å². The third kappa shape index (κ3) is 6.33. The number of pyridine rings is 1. The summed E-state index contributed by atoms with van der Waals surface area (Å²) in [6.45, 7) is 4.49. The number of rotatable bonds is 9. The molecular weight excluding hydrogens is 450 g/mol. The molecule has 0 saturated heterocycles. The maximum absolute atomic E-state index is 13.4. The molecule has 36 heavy (non-hydrogen) atoms. The number of aliphatic hydroxyl groups excluding tert-OH is 1. The lowest BCUT2D eigenvalue weighted by atomic mass is 9.74. The predicted molar refractivity (Wildman–Crippen MR) is 142 cm³/mol. The van der Waals surface area contributed by atoms with Gasteiger partial charge in [-0.05, 0) is 60.8 Å². The monoisotopic (exact) mass is 491 g/mol. The normalized spacial score (nSPS) is 21.3. The summed E-state index contributed by atoms with van der Waals surface area (Å²) in [5, 5.41) is 12.8. The predicted octanol–water partition coefficient (Wildman–Crippen LogP) is 5.21. The second kappa shape index (κ2) is 12.5. The van der Waals surface area contributed by atoms with Gasteiger partial charge in [-0.15, -0.1) is 0 Å². The Morgan fingerprint density at radius 2 is 1.69 bits per heavy atom. The molecule has 0 radical (unpaired) electrons. The largest absolute Gasteiger partial charge is 0.394 e. The van der Waals surface area contributed by atoms with Crippen LogP contribution >= 0.6 is 0 Å². The van der Waals surface area contributed by atoms with E-state index in [-0.39, 0.29) is 48.1 Å². The first-order chi connectivity index (χ1) is 17.5. The van der Waals surface area contributed by atoms with Crippen LogP contribution in [0.1, 0.15) is 82.3 Å². The molecule has 2 aliphatic carbocycles. The fourth-order valence-corrected chi connectivity index (χ4v) is 5.79. The van der Waals surface area contributed by atoms with Crippen LogP contribution in [0.5, 0.6) is 0 Å². The van der Waals surface area contributed by atoms with E-state index in [0.717, 1.165) is 56.9 Å². The Kier molecular flexibility index (Phi) is 9.13. The van der Waals surface area contributed by atoms with Gasteiger partial charge in [-0.1, -0.05) is 69.9 Å². The molecule has 2 N–H and O–H groups in total.